The maximum absolute atomic E-state index is 13.4. The van der Waals surface area contributed by atoms with Crippen LogP contribution in [0.1, 0.15) is 24.5 Å². The minimum absolute atomic E-state index is 0.286. The van der Waals surface area contributed by atoms with Gasteiger partial charge in [-0.15, -0.1) is 0 Å². The van der Waals surface area contributed by atoms with E-state index < -0.39 is 5.82 Å². The van der Waals surface area contributed by atoms with E-state index in [4.69, 9.17) is 9.84 Å². The van der Waals surface area contributed by atoms with Crippen molar-refractivity contribution in [3.63, 3.8) is 0 Å². The van der Waals surface area contributed by atoms with E-state index in [0.717, 1.165) is 30.8 Å². The van der Waals surface area contributed by atoms with Crippen molar-refractivity contribution in [2.24, 2.45) is 4.99 Å². The molecule has 0 saturated heterocycles. The van der Waals surface area contributed by atoms with Crippen LogP contribution in [0, 0.1) is 5.82 Å². The van der Waals surface area contributed by atoms with E-state index in [-0.39, 0.29) is 12.2 Å². The van der Waals surface area contributed by atoms with Gasteiger partial charge in [0.05, 0.1) is 19.8 Å². The molecule has 6 heteroatoms. The Morgan fingerprint density at radius 3 is 2.69 bits per heavy atom. The van der Waals surface area contributed by atoms with Crippen molar-refractivity contribution in [2.45, 2.75) is 26.5 Å². The number of benzene rings is 2. The van der Waals surface area contributed by atoms with Gasteiger partial charge in [-0.1, -0.05) is 24.3 Å². The van der Waals surface area contributed by atoms with Crippen molar-refractivity contribution in [3.8, 4) is 5.75 Å². The molecule has 0 bridgehead atoms. The molecule has 0 saturated carbocycles. The molecule has 3 N–H and O–H groups in total. The predicted octanol–water partition coefficient (Wildman–Crippen LogP) is 2.84. The first kappa shape index (κ1) is 19.7. The van der Waals surface area contributed by atoms with Gasteiger partial charge in [-0.05, 0) is 43.2 Å². The summed E-state index contributed by atoms with van der Waals surface area (Å²) in [6.07, 6.45) is 0.838. The van der Waals surface area contributed by atoms with Gasteiger partial charge in [-0.2, -0.15) is 0 Å². The van der Waals surface area contributed by atoms with Crippen LogP contribution in [-0.2, 0) is 13.2 Å². The molecule has 0 aliphatic rings. The van der Waals surface area contributed by atoms with E-state index in [1.54, 1.807) is 12.1 Å². The fourth-order valence-corrected chi connectivity index (χ4v) is 2.35. The Labute approximate surface area is 153 Å². The van der Waals surface area contributed by atoms with E-state index in [1.807, 2.05) is 37.3 Å². The zero-order valence-electron chi connectivity index (χ0n) is 15.0. The molecule has 0 aliphatic carbocycles. The van der Waals surface area contributed by atoms with Gasteiger partial charge in [0.1, 0.15) is 11.6 Å². The minimum Gasteiger partial charge on any atom is -0.494 e. The number of para-hydroxylation sites is 1. The zero-order chi connectivity index (χ0) is 18.6. The van der Waals surface area contributed by atoms with Gasteiger partial charge in [0.2, 0.25) is 0 Å². The predicted molar refractivity (Wildman–Crippen MR) is 102 cm³/mol. The Morgan fingerprint density at radius 2 is 1.96 bits per heavy atom. The Balaban J connectivity index is 1.79. The summed E-state index contributed by atoms with van der Waals surface area (Å²) in [6.45, 7) is 4.18. The number of halogens is 1. The van der Waals surface area contributed by atoms with Gasteiger partial charge >= 0.3 is 0 Å². The number of hydrogen-bond donors (Lipinski definition) is 3. The summed E-state index contributed by atoms with van der Waals surface area (Å²) in [5, 5.41) is 15.6. The van der Waals surface area contributed by atoms with Crippen molar-refractivity contribution in [2.75, 3.05) is 19.7 Å². The van der Waals surface area contributed by atoms with E-state index >= 15 is 0 Å². The lowest BCUT2D eigenvalue weighted by molar-refractivity contribution is 0.275. The molecule has 2 aromatic rings. The van der Waals surface area contributed by atoms with Crippen LogP contribution in [0.3, 0.4) is 0 Å². The van der Waals surface area contributed by atoms with Crippen LogP contribution in [0.5, 0.6) is 5.75 Å². The van der Waals surface area contributed by atoms with Crippen molar-refractivity contribution in [3.05, 3.63) is 65.5 Å². The van der Waals surface area contributed by atoms with Gasteiger partial charge in [0.15, 0.2) is 5.96 Å². The summed E-state index contributed by atoms with van der Waals surface area (Å²) in [7, 11) is 0. The molecule has 2 aromatic carbocycles. The average molecular weight is 359 g/mol. The number of guanidine groups is 1. The summed E-state index contributed by atoms with van der Waals surface area (Å²) < 4.78 is 19.1. The molecule has 0 radical (unpaired) electrons. The molecule has 2 rings (SSSR count). The van der Waals surface area contributed by atoms with Gasteiger partial charge in [-0.3, -0.25) is 0 Å². The number of nitrogens with zero attached hydrogens (tertiary/aromatic N) is 1. The third-order valence-electron chi connectivity index (χ3n) is 3.67. The zero-order valence-corrected chi connectivity index (χ0v) is 15.0. The molecule has 0 unspecified atom stereocenters. The van der Waals surface area contributed by atoms with Gasteiger partial charge < -0.3 is 20.5 Å². The number of ether oxygens (including phenoxy) is 1. The van der Waals surface area contributed by atoms with Crippen molar-refractivity contribution < 1.29 is 14.2 Å². The number of aliphatic imine (C=N–C) groups is 1. The van der Waals surface area contributed by atoms with Crippen molar-refractivity contribution in [1.82, 2.24) is 10.6 Å². The van der Waals surface area contributed by atoms with E-state index in [0.29, 0.717) is 19.1 Å². The quantitative estimate of drug-likeness (QED) is 0.366. The SMILES string of the molecule is CCNC(=NCc1ccc(F)c(CO)c1)NCCCOc1ccccc1. The van der Waals surface area contributed by atoms with Gasteiger partial charge in [0, 0.05) is 18.7 Å². The van der Waals surface area contributed by atoms with Crippen LogP contribution in [0.25, 0.3) is 0 Å². The Kier molecular flexibility index (Phi) is 8.42. The third-order valence-corrected chi connectivity index (χ3v) is 3.67. The molecule has 0 atom stereocenters. The highest BCUT2D eigenvalue weighted by molar-refractivity contribution is 5.79. The van der Waals surface area contributed by atoms with Crippen LogP contribution in [0.2, 0.25) is 0 Å². The smallest absolute Gasteiger partial charge is 0.191 e. The molecule has 26 heavy (non-hydrogen) atoms. The fourth-order valence-electron chi connectivity index (χ4n) is 2.35. The fraction of sp³-hybridized carbons (Fsp3) is 0.350. The summed E-state index contributed by atoms with van der Waals surface area (Å²) in [5.41, 5.74) is 1.13. The monoisotopic (exact) mass is 359 g/mol. The van der Waals surface area contributed by atoms with E-state index in [2.05, 4.69) is 15.6 Å². The largest absolute Gasteiger partial charge is 0.494 e. The van der Waals surface area contributed by atoms with Crippen molar-refractivity contribution in [1.29, 1.82) is 0 Å². The molecule has 0 amide bonds. The Morgan fingerprint density at radius 1 is 1.15 bits per heavy atom. The van der Waals surface area contributed by atoms with Crippen LogP contribution in [-0.4, -0.2) is 30.8 Å². The first-order valence-electron chi connectivity index (χ1n) is 8.81. The van der Waals surface area contributed by atoms with E-state index in [9.17, 15) is 4.39 Å². The molecule has 140 valence electrons. The molecule has 0 aliphatic heterocycles. The maximum Gasteiger partial charge on any atom is 0.191 e. The second kappa shape index (κ2) is 11.1. The van der Waals surface area contributed by atoms with Crippen LogP contribution in [0.4, 0.5) is 4.39 Å². The minimum atomic E-state index is -0.399. The molecular weight excluding hydrogens is 333 g/mol. The molecule has 5 nitrogen and oxygen atoms in total. The second-order valence-corrected chi connectivity index (χ2v) is 5.72. The average Bonchev–Trinajstić information content (AvgIpc) is 2.67. The lowest BCUT2D eigenvalue weighted by atomic mass is 10.1. The highest BCUT2D eigenvalue weighted by atomic mass is 19.1. The first-order valence-corrected chi connectivity index (χ1v) is 8.81. The summed E-state index contributed by atoms with van der Waals surface area (Å²) in [6, 6.07) is 14.4. The Hall–Kier alpha value is -2.60. The van der Waals surface area contributed by atoms with Crippen molar-refractivity contribution >= 4 is 5.96 Å². The number of aliphatic hydroxyl groups excluding tert-OH is 1. The third kappa shape index (κ3) is 6.72. The molecular formula is C20H26FN3O2. The lowest BCUT2D eigenvalue weighted by Gasteiger charge is -2.12. The van der Waals surface area contributed by atoms with Gasteiger partial charge in [-0.25, -0.2) is 9.38 Å². The second-order valence-electron chi connectivity index (χ2n) is 5.72. The standard InChI is InChI=1S/C20H26FN3O2/c1-2-22-20(23-11-6-12-26-18-7-4-3-5-8-18)24-14-16-9-10-19(21)17(13-16)15-25/h3-5,7-10,13,25H,2,6,11-12,14-15H2,1H3,(H2,22,23,24). The molecule has 0 fully saturated rings. The summed E-state index contributed by atoms with van der Waals surface area (Å²) in [4.78, 5) is 4.49. The number of hydrogen-bond acceptors (Lipinski definition) is 3. The van der Waals surface area contributed by atoms with Gasteiger partial charge in [0.25, 0.3) is 0 Å². The summed E-state index contributed by atoms with van der Waals surface area (Å²) in [5.74, 6) is 1.16. The maximum atomic E-state index is 13.4. The highest BCUT2D eigenvalue weighted by Crippen LogP contribution is 2.11. The molecule has 0 aromatic heterocycles. The number of rotatable bonds is 9. The molecule has 0 heterocycles. The summed E-state index contributed by atoms with van der Waals surface area (Å²) >= 11 is 0. The first-order chi connectivity index (χ1) is 12.7. The number of aliphatic hydroxyl groups is 1. The van der Waals surface area contributed by atoms with Crippen LogP contribution in [0.15, 0.2) is 53.5 Å². The lowest BCUT2D eigenvalue weighted by Crippen LogP contribution is -2.38. The highest BCUT2D eigenvalue weighted by Gasteiger charge is 2.03. The Bertz CT molecular complexity index is 693. The van der Waals surface area contributed by atoms with E-state index in [1.165, 1.54) is 6.07 Å². The van der Waals surface area contributed by atoms with Crippen LogP contribution < -0.4 is 15.4 Å². The number of nitrogens with one attached hydrogen (secondary N) is 2. The molecule has 0 spiro atoms. The normalized spacial score (nSPS) is 11.3. The van der Waals surface area contributed by atoms with Crippen LogP contribution >= 0.6 is 0 Å². The topological polar surface area (TPSA) is 65.9 Å².